The van der Waals surface area contributed by atoms with Crippen LogP contribution in [0.25, 0.3) is 0 Å². The summed E-state index contributed by atoms with van der Waals surface area (Å²) in [5.74, 6) is -0.286. The molecule has 0 saturated carbocycles. The van der Waals surface area contributed by atoms with Gasteiger partial charge in [0, 0.05) is 0 Å². The standard InChI is InChI=1S/C2H4O2.3C2H3.Pb/c1-2(3)4;3*1-2;/h1H3,(H,3,4);3*1H,2H2;/q;;;;+1/p-1. The van der Waals surface area contributed by atoms with Crippen molar-refractivity contribution in [3.63, 3.8) is 0 Å². The van der Waals surface area contributed by atoms with Gasteiger partial charge in [0.1, 0.15) is 0 Å². The van der Waals surface area contributed by atoms with E-state index in [1.165, 1.54) is 6.92 Å². The Morgan fingerprint density at radius 1 is 1.27 bits per heavy atom. The predicted molar refractivity (Wildman–Crippen MR) is 48.1 cm³/mol. The van der Waals surface area contributed by atoms with E-state index in [-0.39, 0.29) is 5.97 Å². The summed E-state index contributed by atoms with van der Waals surface area (Å²) in [7, 11) is 0. The number of rotatable bonds is 4. The zero-order valence-electron chi connectivity index (χ0n) is 6.67. The van der Waals surface area contributed by atoms with Crippen molar-refractivity contribution >= 4 is 27.6 Å². The molecule has 3 heteroatoms. The van der Waals surface area contributed by atoms with Crippen molar-refractivity contribution in [2.24, 2.45) is 0 Å². The summed E-state index contributed by atoms with van der Waals surface area (Å²) in [6.07, 6.45) is 0. The number of carbonyl (C=O) groups is 1. The quantitative estimate of drug-likeness (QED) is 0.723. The molecule has 0 atom stereocenters. The summed E-state index contributed by atoms with van der Waals surface area (Å²) in [6.45, 7) is 12.2. The summed E-state index contributed by atoms with van der Waals surface area (Å²) < 4.78 is 10.2. The fourth-order valence-corrected chi connectivity index (χ4v) is 5.48. The van der Waals surface area contributed by atoms with Crippen molar-refractivity contribution in [1.82, 2.24) is 0 Å². The zero-order valence-corrected chi connectivity index (χ0v) is 10.6. The van der Waals surface area contributed by atoms with E-state index in [1.54, 1.807) is 10.9 Å². The van der Waals surface area contributed by atoms with E-state index < -0.39 is 21.6 Å². The average molecular weight is 347 g/mol. The molecular formula is C8H12O2Pb. The summed E-state index contributed by atoms with van der Waals surface area (Å²) >= 11 is -3.19. The minimum absolute atomic E-state index is 0.286. The molecular weight excluding hydrogens is 335 g/mol. The molecule has 0 fully saturated rings. The molecule has 0 aromatic heterocycles. The number of hydrogen-bond acceptors (Lipinski definition) is 2. The SMILES string of the molecule is C=[CH][Pb]([CH]=C)([CH]=C)[O]C(C)=O. The van der Waals surface area contributed by atoms with Crippen LogP contribution in [-0.4, -0.2) is 27.6 Å². The topological polar surface area (TPSA) is 26.3 Å². The second kappa shape index (κ2) is 4.48. The first kappa shape index (κ1) is 10.6. The molecule has 0 aliphatic heterocycles. The summed E-state index contributed by atoms with van der Waals surface area (Å²) in [4.78, 5) is 10.6. The van der Waals surface area contributed by atoms with Crippen LogP contribution in [0.1, 0.15) is 6.92 Å². The first-order chi connectivity index (χ1) is 5.10. The predicted octanol–water partition coefficient (Wildman–Crippen LogP) is 1.67. The summed E-state index contributed by atoms with van der Waals surface area (Å²) in [6, 6.07) is 0. The van der Waals surface area contributed by atoms with E-state index in [1.807, 2.05) is 0 Å². The van der Waals surface area contributed by atoms with E-state index in [2.05, 4.69) is 19.7 Å². The van der Waals surface area contributed by atoms with Crippen LogP contribution >= 0.6 is 0 Å². The molecule has 0 aromatic carbocycles. The molecule has 0 aromatic rings. The van der Waals surface area contributed by atoms with Crippen LogP contribution in [0.5, 0.6) is 0 Å². The molecule has 0 heterocycles. The van der Waals surface area contributed by atoms with Gasteiger partial charge in [-0.05, 0) is 0 Å². The first-order valence-electron chi connectivity index (χ1n) is 3.20. The monoisotopic (exact) mass is 348 g/mol. The maximum absolute atomic E-state index is 10.6. The van der Waals surface area contributed by atoms with Crippen molar-refractivity contribution in [1.29, 1.82) is 0 Å². The van der Waals surface area contributed by atoms with Crippen LogP contribution in [0.2, 0.25) is 0 Å². The molecule has 0 N–H and O–H groups in total. The van der Waals surface area contributed by atoms with Crippen molar-refractivity contribution in [3.05, 3.63) is 30.6 Å². The Bertz CT molecular complexity index is 174. The van der Waals surface area contributed by atoms with Gasteiger partial charge in [0.05, 0.1) is 0 Å². The van der Waals surface area contributed by atoms with E-state index in [9.17, 15) is 4.79 Å². The fourth-order valence-electron chi connectivity index (χ4n) is 0.624. The van der Waals surface area contributed by atoms with Gasteiger partial charge in [-0.15, -0.1) is 0 Å². The second-order valence-electron chi connectivity index (χ2n) is 2.06. The molecule has 0 rings (SSSR count). The molecule has 60 valence electrons. The van der Waals surface area contributed by atoms with Crippen LogP contribution in [0, 0.1) is 0 Å². The van der Waals surface area contributed by atoms with Gasteiger partial charge in [-0.2, -0.15) is 0 Å². The molecule has 2 nitrogen and oxygen atoms in total. The van der Waals surface area contributed by atoms with Crippen LogP contribution in [0.4, 0.5) is 0 Å². The van der Waals surface area contributed by atoms with Crippen LogP contribution in [0.15, 0.2) is 30.6 Å². The minimum atomic E-state index is -3.19. The van der Waals surface area contributed by atoms with Gasteiger partial charge < -0.3 is 0 Å². The Morgan fingerprint density at radius 2 is 1.64 bits per heavy atom. The van der Waals surface area contributed by atoms with Crippen molar-refractivity contribution in [3.8, 4) is 0 Å². The molecule has 0 radical (unpaired) electrons. The van der Waals surface area contributed by atoms with Crippen molar-refractivity contribution in [2.45, 2.75) is 6.92 Å². The fraction of sp³-hybridized carbons (Fsp3) is 0.125. The Kier molecular flexibility index (Phi) is 4.32. The first-order valence-corrected chi connectivity index (χ1v) is 11.5. The van der Waals surface area contributed by atoms with Gasteiger partial charge in [0.15, 0.2) is 0 Å². The van der Waals surface area contributed by atoms with E-state index in [0.717, 1.165) is 0 Å². The molecule has 11 heavy (non-hydrogen) atoms. The molecule has 0 saturated heterocycles. The number of carbonyl (C=O) groups excluding carboxylic acids is 1. The van der Waals surface area contributed by atoms with Gasteiger partial charge in [0.25, 0.3) is 0 Å². The van der Waals surface area contributed by atoms with Gasteiger partial charge in [0.2, 0.25) is 0 Å². The summed E-state index contributed by atoms with van der Waals surface area (Å²) in [5, 5.41) is 0. The van der Waals surface area contributed by atoms with Crippen LogP contribution < -0.4 is 0 Å². The third kappa shape index (κ3) is 3.01. The zero-order chi connectivity index (χ0) is 8.91. The van der Waals surface area contributed by atoms with Gasteiger partial charge >= 0.3 is 72.6 Å². The second-order valence-corrected chi connectivity index (χ2v) is 14.3. The van der Waals surface area contributed by atoms with Crippen molar-refractivity contribution in [2.75, 3.05) is 0 Å². The molecule has 0 bridgehead atoms. The average Bonchev–Trinajstić information content (AvgIpc) is 2.00. The van der Waals surface area contributed by atoms with Crippen LogP contribution in [0.3, 0.4) is 0 Å². The molecule has 0 amide bonds. The molecule has 0 aliphatic carbocycles. The Hall–Kier alpha value is -0.388. The maximum atomic E-state index is 10.6. The normalized spacial score (nSPS) is 9.91. The number of hydrogen-bond donors (Lipinski definition) is 0. The van der Waals surface area contributed by atoms with E-state index in [0.29, 0.717) is 0 Å². The third-order valence-corrected chi connectivity index (χ3v) is 11.2. The van der Waals surface area contributed by atoms with Gasteiger partial charge in [-0.1, -0.05) is 0 Å². The third-order valence-electron chi connectivity index (χ3n) is 1.28. The Balaban J connectivity index is 4.54. The summed E-state index contributed by atoms with van der Waals surface area (Å²) in [5.41, 5.74) is 0. The molecule has 0 aliphatic rings. The van der Waals surface area contributed by atoms with Gasteiger partial charge in [-0.25, -0.2) is 0 Å². The Labute approximate surface area is 72.6 Å². The van der Waals surface area contributed by atoms with E-state index in [4.69, 9.17) is 2.69 Å². The Morgan fingerprint density at radius 3 is 1.73 bits per heavy atom. The van der Waals surface area contributed by atoms with Gasteiger partial charge in [-0.3, -0.25) is 0 Å². The van der Waals surface area contributed by atoms with Crippen molar-refractivity contribution < 1.29 is 7.48 Å². The molecule has 0 unspecified atom stereocenters. The molecule has 0 spiro atoms. The van der Waals surface area contributed by atoms with Crippen LogP contribution in [-0.2, 0) is 7.48 Å². The van der Waals surface area contributed by atoms with E-state index >= 15 is 0 Å².